The smallest absolute Gasteiger partial charge is 0.249 e. The molecule has 5 nitrogen and oxygen atoms in total. The fraction of sp³-hybridized carbons (Fsp3) is 0.375. The predicted molar refractivity (Wildman–Crippen MR) is 81.3 cm³/mol. The summed E-state index contributed by atoms with van der Waals surface area (Å²) in [5.74, 6) is -3.14. The number of halogens is 2. The summed E-state index contributed by atoms with van der Waals surface area (Å²) in [6, 6.07) is 3.42. The van der Waals surface area contributed by atoms with E-state index in [0.29, 0.717) is 16.8 Å². The molecule has 1 heterocycles. The highest BCUT2D eigenvalue weighted by atomic mass is 19.2. The minimum atomic E-state index is -1.01. The second-order valence-electron chi connectivity index (χ2n) is 5.43. The number of nitrogens with zero attached hydrogens (tertiary/aromatic N) is 1. The van der Waals surface area contributed by atoms with E-state index in [1.54, 1.807) is 14.0 Å². The average molecular weight is 323 g/mol. The van der Waals surface area contributed by atoms with Crippen molar-refractivity contribution in [1.29, 1.82) is 0 Å². The van der Waals surface area contributed by atoms with Gasteiger partial charge in [-0.2, -0.15) is 0 Å². The van der Waals surface area contributed by atoms with E-state index < -0.39 is 17.6 Å². The van der Waals surface area contributed by atoms with Crippen LogP contribution in [0.25, 0.3) is 0 Å². The molecular weight excluding hydrogens is 304 g/mol. The second kappa shape index (κ2) is 6.87. The zero-order valence-corrected chi connectivity index (χ0v) is 13.0. The largest absolute Gasteiger partial charge is 0.351 e. The first-order valence-electron chi connectivity index (χ1n) is 7.27. The molecule has 0 bridgehead atoms. The molecule has 1 aromatic carbocycles. The highest BCUT2D eigenvalue weighted by molar-refractivity contribution is 5.99. The van der Waals surface area contributed by atoms with Crippen LogP contribution in [0.15, 0.2) is 29.5 Å². The van der Waals surface area contributed by atoms with E-state index in [9.17, 15) is 18.4 Å². The molecule has 0 fully saturated rings. The van der Waals surface area contributed by atoms with Gasteiger partial charge in [0.1, 0.15) is 0 Å². The monoisotopic (exact) mass is 323 g/mol. The molecular formula is C16H19F2N3O2. The van der Waals surface area contributed by atoms with Crippen molar-refractivity contribution >= 4 is 11.8 Å². The van der Waals surface area contributed by atoms with Crippen molar-refractivity contribution in [1.82, 2.24) is 10.2 Å². The lowest BCUT2D eigenvalue weighted by atomic mass is 9.83. The summed E-state index contributed by atoms with van der Waals surface area (Å²) in [6.45, 7) is 2.22. The lowest BCUT2D eigenvalue weighted by Gasteiger charge is -2.32. The number of carbonyl (C=O) groups is 2. The zero-order valence-electron chi connectivity index (χ0n) is 13.0. The Balaban J connectivity index is 2.47. The third-order valence-corrected chi connectivity index (χ3v) is 4.01. The van der Waals surface area contributed by atoms with E-state index in [-0.39, 0.29) is 31.3 Å². The molecule has 124 valence electrons. The molecule has 0 aromatic heterocycles. The lowest BCUT2D eigenvalue weighted by Crippen LogP contribution is -2.40. The van der Waals surface area contributed by atoms with Crippen LogP contribution in [0.4, 0.5) is 8.78 Å². The Hall–Kier alpha value is -2.28. The number of hydrogen-bond acceptors (Lipinski definition) is 3. The van der Waals surface area contributed by atoms with Gasteiger partial charge >= 0.3 is 0 Å². The van der Waals surface area contributed by atoms with Gasteiger partial charge < -0.3 is 16.0 Å². The van der Waals surface area contributed by atoms with Gasteiger partial charge in [-0.15, -0.1) is 0 Å². The van der Waals surface area contributed by atoms with Crippen molar-refractivity contribution < 1.29 is 18.4 Å². The first kappa shape index (κ1) is 17.1. The van der Waals surface area contributed by atoms with Crippen molar-refractivity contribution in [2.45, 2.75) is 19.3 Å². The van der Waals surface area contributed by atoms with E-state index in [0.717, 1.165) is 12.1 Å². The molecule has 0 saturated carbocycles. The minimum absolute atomic E-state index is 0.0181. The number of amides is 2. The first-order valence-corrected chi connectivity index (χ1v) is 7.27. The predicted octanol–water partition coefficient (Wildman–Crippen LogP) is 1.26. The highest BCUT2D eigenvalue weighted by Gasteiger charge is 2.34. The molecule has 3 N–H and O–H groups in total. The molecule has 1 aliphatic heterocycles. The summed E-state index contributed by atoms with van der Waals surface area (Å²) < 4.78 is 26.7. The van der Waals surface area contributed by atoms with Gasteiger partial charge in [-0.3, -0.25) is 9.59 Å². The number of nitrogens with two attached hydrogens (primary N) is 1. The van der Waals surface area contributed by atoms with Crippen molar-refractivity contribution in [3.05, 3.63) is 46.7 Å². The van der Waals surface area contributed by atoms with E-state index in [2.05, 4.69) is 5.32 Å². The number of carbonyl (C=O) groups excluding carboxylic acids is 2. The molecule has 0 aliphatic carbocycles. The first-order chi connectivity index (χ1) is 10.9. The molecule has 1 atom stereocenters. The Morgan fingerprint density at radius 3 is 2.70 bits per heavy atom. The van der Waals surface area contributed by atoms with Gasteiger partial charge in [0, 0.05) is 43.7 Å². The topological polar surface area (TPSA) is 75.4 Å². The maximum Gasteiger partial charge on any atom is 0.249 e. The van der Waals surface area contributed by atoms with Gasteiger partial charge in [-0.05, 0) is 24.6 Å². The molecule has 1 aliphatic rings. The summed E-state index contributed by atoms with van der Waals surface area (Å²) in [4.78, 5) is 25.9. The van der Waals surface area contributed by atoms with Gasteiger partial charge in [0.2, 0.25) is 11.8 Å². The van der Waals surface area contributed by atoms with Crippen LogP contribution in [0.5, 0.6) is 0 Å². The van der Waals surface area contributed by atoms with Crippen LogP contribution in [0.3, 0.4) is 0 Å². The molecule has 0 saturated heterocycles. The molecule has 0 unspecified atom stereocenters. The van der Waals surface area contributed by atoms with Crippen LogP contribution in [0.1, 0.15) is 24.8 Å². The summed E-state index contributed by atoms with van der Waals surface area (Å²) in [6.07, 6.45) is 0.0181. The second-order valence-corrected chi connectivity index (χ2v) is 5.43. The standard InChI is InChI=1S/C16H19F2N3O2/c1-9-15(16(23)20-6-5-19)11(8-14(22)21(9)2)10-3-4-12(17)13(18)7-10/h3-4,7,11H,5-6,8,19H2,1-2H3,(H,20,23)/t11-/m1/s1. The van der Waals surface area contributed by atoms with Crippen molar-refractivity contribution in [2.24, 2.45) is 5.73 Å². The molecule has 23 heavy (non-hydrogen) atoms. The third-order valence-electron chi connectivity index (χ3n) is 4.01. The Kier molecular flexibility index (Phi) is 5.10. The maximum atomic E-state index is 13.5. The molecule has 0 radical (unpaired) electrons. The van der Waals surface area contributed by atoms with Crippen LogP contribution in [-0.4, -0.2) is 36.9 Å². The van der Waals surface area contributed by atoms with Gasteiger partial charge in [0.05, 0.1) is 0 Å². The molecule has 0 spiro atoms. The number of allylic oxidation sites excluding steroid dienone is 1. The van der Waals surface area contributed by atoms with Gasteiger partial charge in [-0.1, -0.05) is 6.07 Å². The Morgan fingerprint density at radius 2 is 2.09 bits per heavy atom. The third kappa shape index (κ3) is 3.39. The molecule has 1 aromatic rings. The average Bonchev–Trinajstić information content (AvgIpc) is 2.52. The van der Waals surface area contributed by atoms with Crippen LogP contribution >= 0.6 is 0 Å². The molecule has 2 rings (SSSR count). The van der Waals surface area contributed by atoms with E-state index in [1.165, 1.54) is 11.0 Å². The number of rotatable bonds is 4. The lowest BCUT2D eigenvalue weighted by molar-refractivity contribution is -0.129. The molecule has 7 heteroatoms. The Morgan fingerprint density at radius 1 is 1.39 bits per heavy atom. The van der Waals surface area contributed by atoms with Gasteiger partial charge in [0.15, 0.2) is 11.6 Å². The van der Waals surface area contributed by atoms with Crippen molar-refractivity contribution in [3.8, 4) is 0 Å². The number of nitrogens with one attached hydrogen (secondary N) is 1. The molecule has 2 amide bonds. The highest BCUT2D eigenvalue weighted by Crippen LogP contribution is 2.36. The van der Waals surface area contributed by atoms with E-state index >= 15 is 0 Å². The SMILES string of the molecule is CC1=C(C(=O)NCCN)[C@@H](c2ccc(F)c(F)c2)CC(=O)N1C. The van der Waals surface area contributed by atoms with Crippen molar-refractivity contribution in [2.75, 3.05) is 20.1 Å². The van der Waals surface area contributed by atoms with E-state index in [4.69, 9.17) is 5.73 Å². The maximum absolute atomic E-state index is 13.5. The van der Waals surface area contributed by atoms with Crippen LogP contribution in [-0.2, 0) is 9.59 Å². The van der Waals surface area contributed by atoms with Crippen LogP contribution in [0, 0.1) is 11.6 Å². The minimum Gasteiger partial charge on any atom is -0.351 e. The quantitative estimate of drug-likeness (QED) is 0.876. The number of hydrogen-bond donors (Lipinski definition) is 2. The Bertz CT molecular complexity index is 673. The van der Waals surface area contributed by atoms with Crippen LogP contribution in [0.2, 0.25) is 0 Å². The summed E-state index contributed by atoms with van der Waals surface area (Å²) in [5, 5.41) is 2.67. The van der Waals surface area contributed by atoms with Gasteiger partial charge in [0.25, 0.3) is 0 Å². The van der Waals surface area contributed by atoms with Gasteiger partial charge in [-0.25, -0.2) is 8.78 Å². The summed E-state index contributed by atoms with van der Waals surface area (Å²) in [7, 11) is 1.58. The Labute approximate surface area is 133 Å². The summed E-state index contributed by atoms with van der Waals surface area (Å²) >= 11 is 0. The van der Waals surface area contributed by atoms with E-state index in [1.807, 2.05) is 0 Å². The fourth-order valence-electron chi connectivity index (χ4n) is 2.65. The summed E-state index contributed by atoms with van der Waals surface area (Å²) in [5.41, 5.74) is 6.64. The number of benzene rings is 1. The zero-order chi connectivity index (χ0) is 17.1. The van der Waals surface area contributed by atoms with Crippen molar-refractivity contribution in [3.63, 3.8) is 0 Å². The normalized spacial score (nSPS) is 18.4. The van der Waals surface area contributed by atoms with Crippen LogP contribution < -0.4 is 11.1 Å². The fourth-order valence-corrected chi connectivity index (χ4v) is 2.65.